The quantitative estimate of drug-likeness (QED) is 0.503. The fraction of sp³-hybridized carbons (Fsp3) is 0.250. The summed E-state index contributed by atoms with van der Waals surface area (Å²) in [6.07, 6.45) is 5.24. The van der Waals surface area contributed by atoms with Crippen LogP contribution in [0.1, 0.15) is 5.56 Å². The van der Waals surface area contributed by atoms with Crippen LogP contribution in [0.3, 0.4) is 0 Å². The molecule has 54 valence electrons. The maximum Gasteiger partial charge on any atom is 0.0947 e. The van der Waals surface area contributed by atoms with Crippen LogP contribution in [0.2, 0.25) is 0 Å². The fourth-order valence-corrected chi connectivity index (χ4v) is 0.712. The Bertz CT molecular complexity index is 179. The number of hydrogen-bond donors (Lipinski definition) is 1. The first-order chi connectivity index (χ1) is 4.93. The van der Waals surface area contributed by atoms with E-state index in [1.54, 1.807) is 12.5 Å². The third-order valence-corrected chi connectivity index (χ3v) is 1.20. The van der Waals surface area contributed by atoms with Crippen LogP contribution in [0.25, 0.3) is 0 Å². The molecular weight excluding hydrogens is 126 g/mol. The van der Waals surface area contributed by atoms with E-state index in [0.717, 1.165) is 13.1 Å². The van der Waals surface area contributed by atoms with Crippen LogP contribution in [-0.2, 0) is 6.54 Å². The lowest BCUT2D eigenvalue weighted by Gasteiger charge is -1.95. The second kappa shape index (κ2) is 3.90. The van der Waals surface area contributed by atoms with E-state index in [9.17, 15) is 0 Å². The van der Waals surface area contributed by atoms with Crippen molar-refractivity contribution in [3.05, 3.63) is 36.8 Å². The highest BCUT2D eigenvalue weighted by Gasteiger charge is 1.89. The van der Waals surface area contributed by atoms with E-state index in [1.807, 2.05) is 12.1 Å². The van der Waals surface area contributed by atoms with Gasteiger partial charge in [0.05, 0.1) is 12.5 Å². The molecule has 1 aromatic rings. The van der Waals surface area contributed by atoms with Gasteiger partial charge in [-0.05, 0) is 6.07 Å². The molecule has 1 heterocycles. The first-order valence-corrected chi connectivity index (χ1v) is 3.26. The normalized spacial score (nSPS) is 9.60. The van der Waals surface area contributed by atoms with Crippen molar-refractivity contribution in [2.75, 3.05) is 6.54 Å². The third-order valence-electron chi connectivity index (χ3n) is 1.20. The Morgan fingerprint density at radius 1 is 1.70 bits per heavy atom. The zero-order valence-electron chi connectivity index (χ0n) is 5.84. The van der Waals surface area contributed by atoms with Gasteiger partial charge in [0.1, 0.15) is 0 Å². The van der Waals surface area contributed by atoms with Crippen LogP contribution in [0.5, 0.6) is 0 Å². The summed E-state index contributed by atoms with van der Waals surface area (Å²) in [5.74, 6) is 0. The maximum absolute atomic E-state index is 4.88. The summed E-state index contributed by atoms with van der Waals surface area (Å²) in [6, 6.07) is 1.94. The van der Waals surface area contributed by atoms with Crippen LogP contribution in [-0.4, -0.2) is 6.54 Å². The van der Waals surface area contributed by atoms with Crippen molar-refractivity contribution in [1.82, 2.24) is 5.32 Å². The third kappa shape index (κ3) is 2.07. The Hall–Kier alpha value is -1.02. The maximum atomic E-state index is 4.88. The number of rotatable bonds is 4. The molecule has 0 spiro atoms. The summed E-state index contributed by atoms with van der Waals surface area (Å²) in [7, 11) is 0. The number of furan rings is 1. The first-order valence-electron chi connectivity index (χ1n) is 3.26. The molecule has 0 unspecified atom stereocenters. The van der Waals surface area contributed by atoms with E-state index in [4.69, 9.17) is 4.42 Å². The largest absolute Gasteiger partial charge is 0.472 e. The minimum absolute atomic E-state index is 0.838. The Morgan fingerprint density at radius 2 is 2.60 bits per heavy atom. The van der Waals surface area contributed by atoms with Gasteiger partial charge in [-0.3, -0.25) is 0 Å². The predicted octanol–water partition coefficient (Wildman–Crippen LogP) is 1.56. The standard InChI is InChI=1S/C8H11NO/c1-2-4-9-6-8-3-5-10-7-8/h2-3,5,7,9H,1,4,6H2. The average molecular weight is 137 g/mol. The van der Waals surface area contributed by atoms with Gasteiger partial charge in [0.25, 0.3) is 0 Å². The molecule has 10 heavy (non-hydrogen) atoms. The van der Waals surface area contributed by atoms with Crippen LogP contribution in [0.15, 0.2) is 35.7 Å². The smallest absolute Gasteiger partial charge is 0.0947 e. The molecule has 0 aliphatic carbocycles. The monoisotopic (exact) mass is 137 g/mol. The van der Waals surface area contributed by atoms with E-state index >= 15 is 0 Å². The summed E-state index contributed by atoms with van der Waals surface area (Å²) in [5.41, 5.74) is 1.17. The Balaban J connectivity index is 2.21. The van der Waals surface area contributed by atoms with Crippen LogP contribution in [0, 0.1) is 0 Å². The van der Waals surface area contributed by atoms with Crippen molar-refractivity contribution in [3.63, 3.8) is 0 Å². The fourth-order valence-electron chi connectivity index (χ4n) is 0.712. The van der Waals surface area contributed by atoms with Crippen molar-refractivity contribution in [3.8, 4) is 0 Å². The molecule has 1 rings (SSSR count). The van der Waals surface area contributed by atoms with E-state index in [-0.39, 0.29) is 0 Å². The molecule has 0 saturated carbocycles. The van der Waals surface area contributed by atoms with Gasteiger partial charge in [-0.15, -0.1) is 6.58 Å². The minimum atomic E-state index is 0.838. The zero-order chi connectivity index (χ0) is 7.23. The van der Waals surface area contributed by atoms with Gasteiger partial charge in [0.15, 0.2) is 0 Å². The molecule has 0 aliphatic rings. The highest BCUT2D eigenvalue weighted by molar-refractivity contribution is 5.04. The summed E-state index contributed by atoms with van der Waals surface area (Å²) in [5, 5.41) is 3.16. The van der Waals surface area contributed by atoms with Gasteiger partial charge in [-0.2, -0.15) is 0 Å². The molecule has 0 radical (unpaired) electrons. The van der Waals surface area contributed by atoms with E-state index in [0.29, 0.717) is 0 Å². The lowest BCUT2D eigenvalue weighted by molar-refractivity contribution is 0.561. The average Bonchev–Trinajstić information content (AvgIpc) is 2.41. The molecule has 0 atom stereocenters. The van der Waals surface area contributed by atoms with E-state index in [1.165, 1.54) is 5.56 Å². The van der Waals surface area contributed by atoms with Crippen molar-refractivity contribution in [1.29, 1.82) is 0 Å². The Labute approximate surface area is 60.5 Å². The van der Waals surface area contributed by atoms with Gasteiger partial charge in [0, 0.05) is 18.7 Å². The topological polar surface area (TPSA) is 25.2 Å². The van der Waals surface area contributed by atoms with Crippen molar-refractivity contribution < 1.29 is 4.42 Å². The summed E-state index contributed by atoms with van der Waals surface area (Å²) in [6.45, 7) is 5.28. The van der Waals surface area contributed by atoms with Crippen molar-refractivity contribution >= 4 is 0 Å². The molecule has 1 aromatic heterocycles. The second-order valence-corrected chi connectivity index (χ2v) is 2.05. The van der Waals surface area contributed by atoms with E-state index < -0.39 is 0 Å². The highest BCUT2D eigenvalue weighted by Crippen LogP contribution is 1.97. The lowest BCUT2D eigenvalue weighted by atomic mass is 10.3. The van der Waals surface area contributed by atoms with Gasteiger partial charge in [0.2, 0.25) is 0 Å². The molecule has 0 bridgehead atoms. The second-order valence-electron chi connectivity index (χ2n) is 2.05. The Kier molecular flexibility index (Phi) is 2.77. The van der Waals surface area contributed by atoms with Crippen LogP contribution in [0.4, 0.5) is 0 Å². The number of nitrogens with one attached hydrogen (secondary N) is 1. The summed E-state index contributed by atoms with van der Waals surface area (Å²) in [4.78, 5) is 0. The van der Waals surface area contributed by atoms with Crippen molar-refractivity contribution in [2.24, 2.45) is 0 Å². The van der Waals surface area contributed by atoms with E-state index in [2.05, 4.69) is 11.9 Å². The van der Waals surface area contributed by atoms with Crippen LogP contribution >= 0.6 is 0 Å². The van der Waals surface area contributed by atoms with Gasteiger partial charge in [-0.25, -0.2) is 0 Å². The molecule has 2 nitrogen and oxygen atoms in total. The Morgan fingerprint density at radius 3 is 3.20 bits per heavy atom. The molecule has 0 amide bonds. The minimum Gasteiger partial charge on any atom is -0.472 e. The molecular formula is C8H11NO. The molecule has 0 aliphatic heterocycles. The zero-order valence-corrected chi connectivity index (χ0v) is 5.84. The first kappa shape index (κ1) is 7.09. The highest BCUT2D eigenvalue weighted by atomic mass is 16.3. The lowest BCUT2D eigenvalue weighted by Crippen LogP contribution is -2.11. The number of hydrogen-bond acceptors (Lipinski definition) is 2. The SMILES string of the molecule is C=CCNCc1ccoc1. The molecule has 0 fully saturated rings. The molecule has 2 heteroatoms. The summed E-state index contributed by atoms with van der Waals surface area (Å²) >= 11 is 0. The van der Waals surface area contributed by atoms with Crippen LogP contribution < -0.4 is 5.32 Å². The van der Waals surface area contributed by atoms with Gasteiger partial charge in [-0.1, -0.05) is 6.08 Å². The van der Waals surface area contributed by atoms with Gasteiger partial charge < -0.3 is 9.73 Å². The molecule has 0 aromatic carbocycles. The van der Waals surface area contributed by atoms with Crippen molar-refractivity contribution in [2.45, 2.75) is 6.54 Å². The molecule has 0 saturated heterocycles. The predicted molar refractivity (Wildman–Crippen MR) is 40.6 cm³/mol. The molecule has 1 N–H and O–H groups in total. The van der Waals surface area contributed by atoms with Gasteiger partial charge >= 0.3 is 0 Å². The summed E-state index contributed by atoms with van der Waals surface area (Å²) < 4.78 is 4.88.